The fourth-order valence-electron chi connectivity index (χ4n) is 4.10. The minimum Gasteiger partial charge on any atom is -0.496 e. The van der Waals surface area contributed by atoms with Crippen LogP contribution in [0.25, 0.3) is 11.1 Å². The highest BCUT2D eigenvalue weighted by molar-refractivity contribution is 5.90. The first-order chi connectivity index (χ1) is 15.1. The van der Waals surface area contributed by atoms with Gasteiger partial charge in [-0.05, 0) is 66.1 Å². The molecule has 1 aliphatic heterocycles. The number of ether oxygens (including phenoxy) is 3. The highest BCUT2D eigenvalue weighted by Gasteiger charge is 2.23. The third kappa shape index (κ3) is 4.38. The molecule has 0 N–H and O–H groups in total. The largest absolute Gasteiger partial charge is 0.496 e. The molecule has 1 aromatic heterocycles. The summed E-state index contributed by atoms with van der Waals surface area (Å²) in [6.07, 6.45) is 5.82. The molecule has 0 saturated heterocycles. The molecule has 0 unspecified atom stereocenters. The van der Waals surface area contributed by atoms with Crippen LogP contribution in [0.15, 0.2) is 54.9 Å². The van der Waals surface area contributed by atoms with Crippen LogP contribution >= 0.6 is 0 Å². The van der Waals surface area contributed by atoms with E-state index in [1.165, 1.54) is 26.4 Å². The van der Waals surface area contributed by atoms with Gasteiger partial charge < -0.3 is 14.2 Å². The van der Waals surface area contributed by atoms with Crippen molar-refractivity contribution in [3.05, 3.63) is 77.4 Å². The predicted molar refractivity (Wildman–Crippen MR) is 115 cm³/mol. The first-order valence-corrected chi connectivity index (χ1v) is 10.2. The molecule has 0 amide bonds. The van der Waals surface area contributed by atoms with Crippen LogP contribution < -0.4 is 9.47 Å². The quantitative estimate of drug-likeness (QED) is 0.513. The monoisotopic (exact) mass is 421 g/mol. The lowest BCUT2D eigenvalue weighted by Crippen LogP contribution is -2.15. The van der Waals surface area contributed by atoms with E-state index in [4.69, 9.17) is 14.2 Å². The Labute approximate surface area is 180 Å². The molecule has 6 heteroatoms. The smallest absolute Gasteiger partial charge is 0.338 e. The number of carbonyl (C=O) groups is 1. The Hall–Kier alpha value is -3.41. The zero-order chi connectivity index (χ0) is 21.8. The van der Waals surface area contributed by atoms with Crippen molar-refractivity contribution in [1.82, 2.24) is 4.98 Å². The Balaban J connectivity index is 1.57. The second kappa shape index (κ2) is 9.16. The van der Waals surface area contributed by atoms with E-state index in [9.17, 15) is 9.18 Å². The number of carbonyl (C=O) groups excluding carboxylic acids is 1. The van der Waals surface area contributed by atoms with Gasteiger partial charge in [-0.2, -0.15) is 0 Å². The topological polar surface area (TPSA) is 57.7 Å². The summed E-state index contributed by atoms with van der Waals surface area (Å²) in [5.74, 6) is 0.941. The third-order valence-electron chi connectivity index (χ3n) is 5.72. The third-order valence-corrected chi connectivity index (χ3v) is 5.72. The highest BCUT2D eigenvalue weighted by Crippen LogP contribution is 2.40. The fourth-order valence-corrected chi connectivity index (χ4v) is 4.10. The van der Waals surface area contributed by atoms with Crippen molar-refractivity contribution in [2.45, 2.75) is 25.2 Å². The summed E-state index contributed by atoms with van der Waals surface area (Å²) >= 11 is 0. The Morgan fingerprint density at radius 2 is 2.06 bits per heavy atom. The lowest BCUT2D eigenvalue weighted by molar-refractivity contribution is 0.0599. The number of hydrogen-bond acceptors (Lipinski definition) is 5. The number of methoxy groups -OCH3 is 2. The normalized spacial score (nSPS) is 15.0. The van der Waals surface area contributed by atoms with E-state index >= 15 is 0 Å². The summed E-state index contributed by atoms with van der Waals surface area (Å²) in [5, 5.41) is 0. The van der Waals surface area contributed by atoms with Crippen molar-refractivity contribution in [2.75, 3.05) is 20.8 Å². The van der Waals surface area contributed by atoms with Gasteiger partial charge in [-0.3, -0.25) is 4.98 Å². The van der Waals surface area contributed by atoms with Crippen molar-refractivity contribution in [2.24, 2.45) is 0 Å². The van der Waals surface area contributed by atoms with Gasteiger partial charge in [0.2, 0.25) is 0 Å². The van der Waals surface area contributed by atoms with E-state index in [0.717, 1.165) is 47.3 Å². The number of pyridine rings is 1. The van der Waals surface area contributed by atoms with Gasteiger partial charge in [-0.1, -0.05) is 12.1 Å². The molecule has 0 radical (unpaired) electrons. The van der Waals surface area contributed by atoms with Gasteiger partial charge >= 0.3 is 5.97 Å². The second-order valence-corrected chi connectivity index (χ2v) is 7.49. The molecule has 31 heavy (non-hydrogen) atoms. The molecule has 1 atom stereocenters. The minimum absolute atomic E-state index is 0.304. The molecule has 1 aliphatic rings. The number of benzene rings is 2. The molecule has 0 saturated carbocycles. The van der Waals surface area contributed by atoms with Crippen LogP contribution in [0.1, 0.15) is 40.2 Å². The van der Waals surface area contributed by atoms with Gasteiger partial charge in [-0.15, -0.1) is 0 Å². The summed E-state index contributed by atoms with van der Waals surface area (Å²) in [4.78, 5) is 16.2. The van der Waals surface area contributed by atoms with E-state index in [1.54, 1.807) is 24.5 Å². The lowest BCUT2D eigenvalue weighted by atomic mass is 9.86. The lowest BCUT2D eigenvalue weighted by Gasteiger charge is -2.27. The SMILES string of the molecule is COC(=O)c1ccncc1CC[C@@H]1CCOc2cc(-c3ccc(F)cc3OC)ccc21. The maximum Gasteiger partial charge on any atom is 0.338 e. The maximum atomic E-state index is 13.6. The highest BCUT2D eigenvalue weighted by atomic mass is 19.1. The molecule has 0 spiro atoms. The second-order valence-electron chi connectivity index (χ2n) is 7.49. The molecular weight excluding hydrogens is 397 g/mol. The molecule has 160 valence electrons. The van der Waals surface area contributed by atoms with Crippen LogP contribution in [0, 0.1) is 5.82 Å². The average molecular weight is 421 g/mol. The molecule has 0 aliphatic carbocycles. The Morgan fingerprint density at radius 3 is 2.87 bits per heavy atom. The minimum atomic E-state index is -0.345. The first-order valence-electron chi connectivity index (χ1n) is 10.2. The van der Waals surface area contributed by atoms with E-state index in [-0.39, 0.29) is 11.8 Å². The summed E-state index contributed by atoms with van der Waals surface area (Å²) in [7, 11) is 2.92. The molecule has 4 rings (SSSR count). The van der Waals surface area contributed by atoms with Crippen molar-refractivity contribution >= 4 is 5.97 Å². The number of rotatable bonds is 6. The van der Waals surface area contributed by atoms with Crippen molar-refractivity contribution in [3.63, 3.8) is 0 Å². The van der Waals surface area contributed by atoms with Crippen molar-refractivity contribution < 1.29 is 23.4 Å². The number of hydrogen-bond donors (Lipinski definition) is 0. The first kappa shape index (κ1) is 20.8. The molecular formula is C25H24FNO4. The zero-order valence-electron chi connectivity index (χ0n) is 17.6. The van der Waals surface area contributed by atoms with Crippen LogP contribution in [-0.2, 0) is 11.2 Å². The molecule has 0 fully saturated rings. The number of halogens is 1. The average Bonchev–Trinajstić information content (AvgIpc) is 2.81. The maximum absolute atomic E-state index is 13.6. The van der Waals surface area contributed by atoms with Gasteiger partial charge in [0.15, 0.2) is 0 Å². The Kier molecular flexibility index (Phi) is 6.16. The van der Waals surface area contributed by atoms with Crippen LogP contribution in [0.4, 0.5) is 4.39 Å². The van der Waals surface area contributed by atoms with Gasteiger partial charge in [0.05, 0.1) is 26.4 Å². The Bertz CT molecular complexity index is 1100. The summed E-state index contributed by atoms with van der Waals surface area (Å²) in [6, 6.07) is 12.3. The van der Waals surface area contributed by atoms with Gasteiger partial charge in [0.25, 0.3) is 0 Å². The van der Waals surface area contributed by atoms with E-state index in [2.05, 4.69) is 11.1 Å². The summed E-state index contributed by atoms with van der Waals surface area (Å²) < 4.78 is 29.7. The van der Waals surface area contributed by atoms with Crippen molar-refractivity contribution in [1.29, 1.82) is 0 Å². The van der Waals surface area contributed by atoms with Crippen molar-refractivity contribution in [3.8, 4) is 22.6 Å². The number of esters is 1. The van der Waals surface area contributed by atoms with Crippen LogP contribution in [-0.4, -0.2) is 31.8 Å². The fraction of sp³-hybridized carbons (Fsp3) is 0.280. The summed E-state index contributed by atoms with van der Waals surface area (Å²) in [5.41, 5.74) is 4.31. The molecule has 3 aromatic rings. The standard InChI is InChI=1S/C25H24FNO4/c1-29-23-14-19(26)6-8-21(23)17-5-7-20-16(10-12-31-24(20)13-17)3-4-18-15-27-11-9-22(18)25(28)30-2/h5-9,11,13-16H,3-4,10,12H2,1-2H3/t16-/m1/s1. The number of fused-ring (bicyclic) bond motifs is 1. The number of nitrogens with zero attached hydrogens (tertiary/aromatic N) is 1. The summed E-state index contributed by atoms with van der Waals surface area (Å²) in [6.45, 7) is 0.624. The Morgan fingerprint density at radius 1 is 1.19 bits per heavy atom. The van der Waals surface area contributed by atoms with E-state index < -0.39 is 0 Å². The molecule has 5 nitrogen and oxygen atoms in total. The van der Waals surface area contributed by atoms with Crippen LogP contribution in [0.2, 0.25) is 0 Å². The number of aromatic nitrogens is 1. The zero-order valence-corrected chi connectivity index (χ0v) is 17.6. The van der Waals surface area contributed by atoms with Crippen LogP contribution in [0.3, 0.4) is 0 Å². The molecule has 2 heterocycles. The van der Waals surface area contributed by atoms with Gasteiger partial charge in [0.1, 0.15) is 17.3 Å². The number of aryl methyl sites for hydroxylation is 1. The van der Waals surface area contributed by atoms with Crippen LogP contribution in [0.5, 0.6) is 11.5 Å². The van der Waals surface area contributed by atoms with E-state index in [0.29, 0.717) is 23.8 Å². The van der Waals surface area contributed by atoms with Gasteiger partial charge in [-0.25, -0.2) is 9.18 Å². The molecule has 2 aromatic carbocycles. The van der Waals surface area contributed by atoms with Gasteiger partial charge in [0, 0.05) is 24.0 Å². The van der Waals surface area contributed by atoms with E-state index in [1.807, 2.05) is 12.1 Å². The predicted octanol–water partition coefficient (Wildman–Crippen LogP) is 5.18. The molecule has 0 bridgehead atoms.